The summed E-state index contributed by atoms with van der Waals surface area (Å²) in [4.78, 5) is 0. The van der Waals surface area contributed by atoms with Crippen LogP contribution in [0.4, 0.5) is 9.41 Å². The summed E-state index contributed by atoms with van der Waals surface area (Å²) in [5, 5.41) is 0. The summed E-state index contributed by atoms with van der Waals surface area (Å²) >= 11 is 0. The van der Waals surface area contributed by atoms with E-state index in [9.17, 15) is 0 Å². The molecule has 0 fully saturated rings. The predicted molar refractivity (Wildman–Crippen MR) is 21.2 cm³/mol. The van der Waals surface area contributed by atoms with Crippen molar-refractivity contribution in [2.45, 2.75) is 13.2 Å². The lowest BCUT2D eigenvalue weighted by atomic mass is 10.1. The van der Waals surface area contributed by atoms with Crippen molar-refractivity contribution in [3.63, 3.8) is 0 Å². The summed E-state index contributed by atoms with van der Waals surface area (Å²) in [7, 11) is 4.85. The molecule has 0 N–H and O–H groups in total. The Morgan fingerprint density at radius 2 is 1.40 bits per heavy atom. The molecular formula is C2H7BF2. The molecular weight excluding hydrogens is 72.8 g/mol. The molecule has 0 bridgehead atoms. The van der Waals surface area contributed by atoms with Crippen LogP contribution in [-0.4, -0.2) is 7.85 Å². The first kappa shape index (κ1) is 20.5. The van der Waals surface area contributed by atoms with Gasteiger partial charge in [-0.25, -0.2) is 0 Å². The maximum absolute atomic E-state index is 4.85. The zero-order valence-electron chi connectivity index (χ0n) is 3.10. The van der Waals surface area contributed by atoms with Gasteiger partial charge in [-0.05, 0) is 0 Å². The van der Waals surface area contributed by atoms with Gasteiger partial charge in [-0.15, -0.1) is 0 Å². The minimum atomic E-state index is 0. The van der Waals surface area contributed by atoms with Gasteiger partial charge < -0.3 is 0 Å². The molecule has 0 amide bonds. The topological polar surface area (TPSA) is 0 Å². The zero-order valence-corrected chi connectivity index (χ0v) is 3.10. The highest BCUT2D eigenvalue weighted by molar-refractivity contribution is 6.08. The fraction of sp³-hybridized carbons (Fsp3) is 1.00. The maximum Gasteiger partial charge on any atom is 0.0649 e. The quantitative estimate of drug-likeness (QED) is 0.379. The second-order valence-electron chi connectivity index (χ2n) is 0.408. The summed E-state index contributed by atoms with van der Waals surface area (Å²) < 4.78 is 0. The Balaban J connectivity index is -0.0000000200. The van der Waals surface area contributed by atoms with E-state index in [1.165, 1.54) is 0 Å². The van der Waals surface area contributed by atoms with E-state index < -0.39 is 0 Å². The number of hydrogen-bond acceptors (Lipinski definition) is 0. The van der Waals surface area contributed by atoms with Crippen molar-refractivity contribution < 1.29 is 9.41 Å². The average molecular weight is 79.9 g/mol. The molecule has 5 heavy (non-hydrogen) atoms. The van der Waals surface area contributed by atoms with Crippen molar-refractivity contribution in [3.8, 4) is 0 Å². The van der Waals surface area contributed by atoms with Crippen molar-refractivity contribution >= 4 is 7.85 Å². The SMILES string of the molecule is F.F.[B]CC. The van der Waals surface area contributed by atoms with Crippen LogP contribution in [0.1, 0.15) is 6.92 Å². The van der Waals surface area contributed by atoms with E-state index in [-0.39, 0.29) is 9.41 Å². The Morgan fingerprint density at radius 3 is 1.40 bits per heavy atom. The van der Waals surface area contributed by atoms with Gasteiger partial charge in [0.05, 0.1) is 7.85 Å². The zero-order chi connectivity index (χ0) is 2.71. The molecule has 0 unspecified atom stereocenters. The van der Waals surface area contributed by atoms with Gasteiger partial charge in [0.25, 0.3) is 0 Å². The van der Waals surface area contributed by atoms with Gasteiger partial charge in [0.1, 0.15) is 0 Å². The third-order valence-corrected chi connectivity index (χ3v) is 0. The lowest BCUT2D eigenvalue weighted by Crippen LogP contribution is -1.41. The van der Waals surface area contributed by atoms with E-state index >= 15 is 0 Å². The largest absolute Gasteiger partial charge is 0.269 e. The van der Waals surface area contributed by atoms with Crippen LogP contribution in [0.25, 0.3) is 0 Å². The van der Waals surface area contributed by atoms with Crippen molar-refractivity contribution in [1.29, 1.82) is 0 Å². The number of hydrogen-bond donors (Lipinski definition) is 0. The van der Waals surface area contributed by atoms with Crippen molar-refractivity contribution in [2.75, 3.05) is 0 Å². The Bertz CT molecular complexity index is 7.61. The van der Waals surface area contributed by atoms with E-state index in [0.29, 0.717) is 0 Å². The third-order valence-electron chi connectivity index (χ3n) is 0. The standard InChI is InChI=1S/C2H5B.2FH/c1-2-3;;/h2H2,1H3;2*1H. The molecule has 0 aliphatic heterocycles. The molecule has 0 spiro atoms. The van der Waals surface area contributed by atoms with Gasteiger partial charge in [-0.2, -0.15) is 0 Å². The normalized spacial score (nSPS) is 3.40. The Labute approximate surface area is 31.7 Å². The smallest absolute Gasteiger partial charge is 0.0649 e. The van der Waals surface area contributed by atoms with E-state index in [1.54, 1.807) is 0 Å². The van der Waals surface area contributed by atoms with Gasteiger partial charge in [-0.3, -0.25) is 9.41 Å². The van der Waals surface area contributed by atoms with Crippen LogP contribution >= 0.6 is 0 Å². The first-order valence-electron chi connectivity index (χ1n) is 1.12. The molecule has 0 aliphatic carbocycles. The second-order valence-corrected chi connectivity index (χ2v) is 0.408. The molecule has 0 atom stereocenters. The van der Waals surface area contributed by atoms with Gasteiger partial charge in [0.2, 0.25) is 0 Å². The minimum absolute atomic E-state index is 0. The minimum Gasteiger partial charge on any atom is -0.269 e. The highest BCUT2D eigenvalue weighted by Crippen LogP contribution is 1.49. The van der Waals surface area contributed by atoms with Crippen molar-refractivity contribution in [1.82, 2.24) is 0 Å². The Hall–Kier alpha value is -0.0751. The van der Waals surface area contributed by atoms with Crippen LogP contribution in [0.2, 0.25) is 6.32 Å². The first-order chi connectivity index (χ1) is 1.41. The van der Waals surface area contributed by atoms with Crippen LogP contribution in [0.3, 0.4) is 0 Å². The lowest BCUT2D eigenvalue weighted by Gasteiger charge is -1.46. The van der Waals surface area contributed by atoms with Crippen LogP contribution < -0.4 is 0 Å². The Kier molecular flexibility index (Phi) is 161. The molecule has 0 aromatic rings. The van der Waals surface area contributed by atoms with E-state index in [1.807, 2.05) is 6.92 Å². The molecule has 0 aromatic heterocycles. The van der Waals surface area contributed by atoms with Gasteiger partial charge in [0, 0.05) is 0 Å². The molecule has 0 saturated carbocycles. The number of rotatable bonds is 0. The molecule has 0 aromatic carbocycles. The Morgan fingerprint density at radius 1 is 1.40 bits per heavy atom. The van der Waals surface area contributed by atoms with Gasteiger partial charge in [0.15, 0.2) is 0 Å². The number of halogens is 2. The van der Waals surface area contributed by atoms with E-state index in [2.05, 4.69) is 0 Å². The summed E-state index contributed by atoms with van der Waals surface area (Å²) in [5.41, 5.74) is 0. The van der Waals surface area contributed by atoms with Crippen LogP contribution in [-0.2, 0) is 0 Å². The van der Waals surface area contributed by atoms with Crippen LogP contribution in [0.15, 0.2) is 0 Å². The molecule has 0 saturated heterocycles. The molecule has 0 aliphatic rings. The average Bonchev–Trinajstić information content (AvgIpc) is 0.918. The highest BCUT2D eigenvalue weighted by Gasteiger charge is 1.37. The van der Waals surface area contributed by atoms with Gasteiger partial charge >= 0.3 is 0 Å². The van der Waals surface area contributed by atoms with E-state index in [0.717, 1.165) is 6.32 Å². The highest BCUT2D eigenvalue weighted by atomic mass is 19.0. The summed E-state index contributed by atoms with van der Waals surface area (Å²) in [5.74, 6) is 0. The summed E-state index contributed by atoms with van der Waals surface area (Å²) in [6, 6.07) is 0. The van der Waals surface area contributed by atoms with Crippen molar-refractivity contribution in [2.24, 2.45) is 0 Å². The molecule has 0 rings (SSSR count). The monoisotopic (exact) mass is 80.1 g/mol. The third kappa shape index (κ3) is 2580. The second kappa shape index (κ2) is 39.3. The van der Waals surface area contributed by atoms with Crippen molar-refractivity contribution in [3.05, 3.63) is 0 Å². The van der Waals surface area contributed by atoms with E-state index in [4.69, 9.17) is 7.85 Å². The first-order valence-corrected chi connectivity index (χ1v) is 1.12. The summed E-state index contributed by atoms with van der Waals surface area (Å²) in [6.07, 6.45) is 0.750. The predicted octanol–water partition coefficient (Wildman–Crippen LogP) is 0.898. The summed E-state index contributed by atoms with van der Waals surface area (Å²) in [6.45, 7) is 1.90. The molecule has 0 heterocycles. The van der Waals surface area contributed by atoms with Crippen LogP contribution in [0, 0.1) is 0 Å². The van der Waals surface area contributed by atoms with Gasteiger partial charge in [-0.1, -0.05) is 13.2 Å². The molecule has 0 nitrogen and oxygen atoms in total. The lowest BCUT2D eigenvalue weighted by molar-refractivity contribution is 1.11. The molecule has 32 valence electrons. The molecule has 3 heteroatoms. The maximum atomic E-state index is 4.85. The fourth-order valence-electron chi connectivity index (χ4n) is 0. The molecule has 2 radical (unpaired) electrons. The van der Waals surface area contributed by atoms with Crippen LogP contribution in [0.5, 0.6) is 0 Å². The fourth-order valence-corrected chi connectivity index (χ4v) is 0.